The van der Waals surface area contributed by atoms with Crippen LogP contribution in [-0.4, -0.2) is 40.1 Å². The van der Waals surface area contributed by atoms with Gasteiger partial charge in [0.05, 0.1) is 18.6 Å². The minimum absolute atomic E-state index is 0.154. The number of benzene rings is 2. The number of hydrogen-bond donors (Lipinski definition) is 1. The van der Waals surface area contributed by atoms with E-state index in [1.807, 2.05) is 33.8 Å². The summed E-state index contributed by atoms with van der Waals surface area (Å²) < 4.78 is 12.2. The highest BCUT2D eigenvalue weighted by Crippen LogP contribution is 2.46. The largest absolute Gasteiger partial charge is 0.493 e. The molecule has 1 N–H and O–H groups in total. The summed E-state index contributed by atoms with van der Waals surface area (Å²) in [5.74, 6) is 0.0612. The Morgan fingerprint density at radius 2 is 1.72 bits per heavy atom. The fraction of sp³-hybridized carbons (Fsp3) is 0.576. The van der Waals surface area contributed by atoms with Crippen LogP contribution in [0.2, 0.25) is 0 Å². The molecule has 2 aromatic carbocycles. The van der Waals surface area contributed by atoms with Crippen LogP contribution in [0.5, 0.6) is 5.75 Å². The smallest absolute Gasteiger partial charge is 0.337 e. The molecular weight excluding hydrogens is 490 g/mol. The standard InChI is InChI=1S/C33H43NO5/c1-19-23-13-10-16-38-27(23)15-14-24(19)29-21(3)26-18-34(22-11-8-7-9-12-22)28(35)17-25(26)20(2)30(29)31(32(36)37)39-33(4,5)6/h14-15,22,31H,7-13,16-18H2,1-6H3,(H,36,37). The third-order valence-corrected chi connectivity index (χ3v) is 8.92. The van der Waals surface area contributed by atoms with Crippen molar-refractivity contribution in [3.63, 3.8) is 0 Å². The monoisotopic (exact) mass is 533 g/mol. The van der Waals surface area contributed by atoms with E-state index in [0.717, 1.165) is 71.4 Å². The van der Waals surface area contributed by atoms with E-state index < -0.39 is 17.7 Å². The molecule has 5 rings (SSSR count). The van der Waals surface area contributed by atoms with Gasteiger partial charge in [-0.3, -0.25) is 4.79 Å². The number of carbonyl (C=O) groups is 2. The first-order valence-electron chi connectivity index (χ1n) is 14.6. The van der Waals surface area contributed by atoms with Crippen molar-refractivity contribution in [3.05, 3.63) is 51.1 Å². The van der Waals surface area contributed by atoms with Gasteiger partial charge in [-0.25, -0.2) is 4.79 Å². The number of nitrogens with zero attached hydrogens (tertiary/aromatic N) is 1. The summed E-state index contributed by atoms with van der Waals surface area (Å²) in [4.78, 5) is 28.4. The molecule has 3 aliphatic rings. The number of carboxylic acid groups (broad SMARTS) is 1. The zero-order valence-electron chi connectivity index (χ0n) is 24.4. The number of rotatable bonds is 5. The predicted octanol–water partition coefficient (Wildman–Crippen LogP) is 6.76. The molecule has 1 aliphatic carbocycles. The van der Waals surface area contributed by atoms with Gasteiger partial charge in [0.2, 0.25) is 5.91 Å². The molecule has 0 saturated heterocycles. The summed E-state index contributed by atoms with van der Waals surface area (Å²) in [5.41, 5.74) is 8.38. The average Bonchev–Trinajstić information content (AvgIpc) is 2.90. The summed E-state index contributed by atoms with van der Waals surface area (Å²) in [5, 5.41) is 10.5. The lowest BCUT2D eigenvalue weighted by molar-refractivity contribution is -0.160. The molecule has 1 atom stereocenters. The first kappa shape index (κ1) is 27.7. The van der Waals surface area contributed by atoms with Gasteiger partial charge < -0.3 is 19.5 Å². The van der Waals surface area contributed by atoms with E-state index in [2.05, 4.69) is 24.8 Å². The molecule has 2 aromatic rings. The Morgan fingerprint density at radius 1 is 1.00 bits per heavy atom. The number of amides is 1. The zero-order chi connectivity index (χ0) is 28.1. The van der Waals surface area contributed by atoms with Crippen LogP contribution < -0.4 is 4.74 Å². The Kier molecular flexibility index (Phi) is 7.53. The second-order valence-electron chi connectivity index (χ2n) is 12.6. The highest BCUT2D eigenvalue weighted by atomic mass is 16.5. The van der Waals surface area contributed by atoms with Gasteiger partial charge in [-0.2, -0.15) is 0 Å². The van der Waals surface area contributed by atoms with Crippen LogP contribution in [0.15, 0.2) is 12.1 Å². The quantitative estimate of drug-likeness (QED) is 0.459. The minimum atomic E-state index is -1.15. The Balaban J connectivity index is 1.74. The normalized spacial score (nSPS) is 18.8. The highest BCUT2D eigenvalue weighted by molar-refractivity contribution is 5.88. The number of ether oxygens (including phenoxy) is 2. The lowest BCUT2D eigenvalue weighted by Gasteiger charge is -2.40. The van der Waals surface area contributed by atoms with Gasteiger partial charge in [0.15, 0.2) is 6.10 Å². The van der Waals surface area contributed by atoms with Crippen LogP contribution >= 0.6 is 0 Å². The van der Waals surface area contributed by atoms with Crippen LogP contribution in [0.3, 0.4) is 0 Å². The van der Waals surface area contributed by atoms with Crippen LogP contribution in [-0.2, 0) is 33.7 Å². The lowest BCUT2D eigenvalue weighted by atomic mass is 9.78. The molecule has 210 valence electrons. The van der Waals surface area contributed by atoms with Gasteiger partial charge >= 0.3 is 5.97 Å². The number of carboxylic acids is 1. The van der Waals surface area contributed by atoms with Crippen molar-refractivity contribution in [1.29, 1.82) is 0 Å². The zero-order valence-corrected chi connectivity index (χ0v) is 24.4. The van der Waals surface area contributed by atoms with Gasteiger partial charge in [0.25, 0.3) is 0 Å². The Morgan fingerprint density at radius 3 is 2.38 bits per heavy atom. The molecule has 2 aliphatic heterocycles. The first-order valence-corrected chi connectivity index (χ1v) is 14.6. The van der Waals surface area contributed by atoms with Crippen molar-refractivity contribution < 1.29 is 24.2 Å². The maximum Gasteiger partial charge on any atom is 0.337 e. The molecule has 1 amide bonds. The van der Waals surface area contributed by atoms with Gasteiger partial charge in [-0.05, 0) is 118 Å². The Labute approximate surface area is 232 Å². The van der Waals surface area contributed by atoms with E-state index in [4.69, 9.17) is 9.47 Å². The molecule has 1 unspecified atom stereocenters. The second kappa shape index (κ2) is 10.6. The van der Waals surface area contributed by atoms with Crippen molar-refractivity contribution in [2.75, 3.05) is 6.61 Å². The van der Waals surface area contributed by atoms with E-state index in [1.165, 1.54) is 30.4 Å². The molecule has 0 bridgehead atoms. The Bertz CT molecular complexity index is 1300. The third kappa shape index (κ3) is 5.20. The van der Waals surface area contributed by atoms with E-state index in [9.17, 15) is 14.7 Å². The molecule has 1 saturated carbocycles. The molecule has 6 heteroatoms. The molecule has 2 heterocycles. The molecule has 0 radical (unpaired) electrons. The minimum Gasteiger partial charge on any atom is -0.493 e. The van der Waals surface area contributed by atoms with Crippen LogP contribution in [0.25, 0.3) is 11.1 Å². The van der Waals surface area contributed by atoms with Crippen LogP contribution in [0, 0.1) is 20.8 Å². The van der Waals surface area contributed by atoms with Gasteiger partial charge in [0, 0.05) is 18.2 Å². The number of aliphatic carboxylic acids is 1. The topological polar surface area (TPSA) is 76.1 Å². The third-order valence-electron chi connectivity index (χ3n) is 8.92. The fourth-order valence-corrected chi connectivity index (χ4v) is 6.99. The predicted molar refractivity (Wildman–Crippen MR) is 152 cm³/mol. The average molecular weight is 534 g/mol. The van der Waals surface area contributed by atoms with E-state index in [-0.39, 0.29) is 5.91 Å². The maximum absolute atomic E-state index is 13.5. The van der Waals surface area contributed by atoms with Gasteiger partial charge in [-0.1, -0.05) is 25.3 Å². The van der Waals surface area contributed by atoms with E-state index in [1.54, 1.807) is 0 Å². The van der Waals surface area contributed by atoms with Crippen molar-refractivity contribution >= 4 is 11.9 Å². The van der Waals surface area contributed by atoms with Crippen molar-refractivity contribution in [3.8, 4) is 16.9 Å². The molecular formula is C33H43NO5. The lowest BCUT2D eigenvalue weighted by Crippen LogP contribution is -2.45. The summed E-state index contributed by atoms with van der Waals surface area (Å²) in [6, 6.07) is 4.41. The first-order chi connectivity index (χ1) is 18.5. The second-order valence-corrected chi connectivity index (χ2v) is 12.6. The SMILES string of the molecule is Cc1c(-c2c(C)c3c(c(C)c2C(OC(C)(C)C)C(=O)O)CC(=O)N(C2CCCCC2)C3)ccc2c1CCCO2. The van der Waals surface area contributed by atoms with E-state index >= 15 is 0 Å². The number of hydrogen-bond acceptors (Lipinski definition) is 4. The van der Waals surface area contributed by atoms with Gasteiger partial charge in [-0.15, -0.1) is 0 Å². The molecule has 0 aromatic heterocycles. The summed E-state index contributed by atoms with van der Waals surface area (Å²) in [7, 11) is 0. The molecule has 39 heavy (non-hydrogen) atoms. The fourth-order valence-electron chi connectivity index (χ4n) is 6.99. The van der Waals surface area contributed by atoms with Gasteiger partial charge in [0.1, 0.15) is 5.75 Å². The molecule has 1 fully saturated rings. The van der Waals surface area contributed by atoms with E-state index in [0.29, 0.717) is 24.6 Å². The van der Waals surface area contributed by atoms with Crippen molar-refractivity contribution in [2.24, 2.45) is 0 Å². The summed E-state index contributed by atoms with van der Waals surface area (Å²) in [6.45, 7) is 13.2. The Hall–Kier alpha value is -2.86. The summed E-state index contributed by atoms with van der Waals surface area (Å²) >= 11 is 0. The maximum atomic E-state index is 13.5. The highest BCUT2D eigenvalue weighted by Gasteiger charge is 2.38. The van der Waals surface area contributed by atoms with Crippen molar-refractivity contribution in [1.82, 2.24) is 4.90 Å². The van der Waals surface area contributed by atoms with Crippen LogP contribution in [0.1, 0.15) is 104 Å². The van der Waals surface area contributed by atoms with Crippen LogP contribution in [0.4, 0.5) is 0 Å². The number of carbonyl (C=O) groups excluding carboxylic acids is 1. The number of fused-ring (bicyclic) bond motifs is 2. The molecule has 6 nitrogen and oxygen atoms in total. The van der Waals surface area contributed by atoms with Crippen molar-refractivity contribution in [2.45, 2.75) is 117 Å². The molecule has 0 spiro atoms. The summed E-state index contributed by atoms with van der Waals surface area (Å²) in [6.07, 6.45) is 6.78.